The Morgan fingerprint density at radius 3 is 2.62 bits per heavy atom. The first-order valence-corrected chi connectivity index (χ1v) is 9.54. The molecule has 0 spiro atoms. The molecule has 2 aromatic carbocycles. The number of carbonyl (C=O) groups is 1. The number of ether oxygens (including phenoxy) is 1. The largest absolute Gasteiger partial charge is 0.487 e. The molecule has 0 saturated heterocycles. The molecule has 12 nitrogen and oxygen atoms in total. The number of thiocarbonyl (C=S) groups is 1. The summed E-state index contributed by atoms with van der Waals surface area (Å²) < 4.78 is 7.03. The van der Waals surface area contributed by atoms with E-state index in [1.165, 1.54) is 28.9 Å². The third kappa shape index (κ3) is 6.84. The number of non-ortho nitro benzene ring substituents is 1. The van der Waals surface area contributed by atoms with Crippen molar-refractivity contribution >= 4 is 40.8 Å². The van der Waals surface area contributed by atoms with E-state index in [2.05, 4.69) is 38.4 Å². The molecule has 1 aromatic heterocycles. The van der Waals surface area contributed by atoms with Crippen LogP contribution in [0.1, 0.15) is 11.3 Å². The van der Waals surface area contributed by atoms with Crippen molar-refractivity contribution in [2.75, 3.05) is 5.32 Å². The van der Waals surface area contributed by atoms with E-state index in [1.807, 2.05) is 0 Å². The lowest BCUT2D eigenvalue weighted by atomic mass is 10.2. The molecule has 13 heteroatoms. The Balaban J connectivity index is 1.47. The van der Waals surface area contributed by atoms with Crippen LogP contribution in [0.3, 0.4) is 0 Å². The van der Waals surface area contributed by atoms with Gasteiger partial charge >= 0.3 is 0 Å². The van der Waals surface area contributed by atoms with Gasteiger partial charge in [-0.2, -0.15) is 5.10 Å². The molecule has 0 atom stereocenters. The lowest BCUT2D eigenvalue weighted by Crippen LogP contribution is -2.23. The van der Waals surface area contributed by atoms with Gasteiger partial charge in [0.15, 0.2) is 5.11 Å². The first-order chi connectivity index (χ1) is 15.4. The first kappa shape index (κ1) is 22.3. The van der Waals surface area contributed by atoms with Gasteiger partial charge < -0.3 is 15.8 Å². The number of amides is 1. The van der Waals surface area contributed by atoms with Gasteiger partial charge in [0, 0.05) is 17.8 Å². The van der Waals surface area contributed by atoms with Gasteiger partial charge in [-0.15, -0.1) is 5.10 Å². The maximum absolute atomic E-state index is 12.1. The summed E-state index contributed by atoms with van der Waals surface area (Å²) in [7, 11) is 0. The Morgan fingerprint density at radius 2 is 1.97 bits per heavy atom. The Labute approximate surface area is 187 Å². The number of nitro benzene ring substituents is 1. The van der Waals surface area contributed by atoms with Crippen molar-refractivity contribution in [3.63, 3.8) is 0 Å². The van der Waals surface area contributed by atoms with Crippen molar-refractivity contribution < 1.29 is 14.5 Å². The summed E-state index contributed by atoms with van der Waals surface area (Å²) in [6, 6.07) is 12.7. The number of nitrogens with zero attached hydrogens (tertiary/aromatic N) is 5. The molecule has 32 heavy (non-hydrogen) atoms. The van der Waals surface area contributed by atoms with Gasteiger partial charge in [-0.25, -0.2) is 4.68 Å². The quantitative estimate of drug-likeness (QED) is 0.188. The normalized spacial score (nSPS) is 10.6. The summed E-state index contributed by atoms with van der Waals surface area (Å²) in [5, 5.41) is 25.1. The SMILES string of the molecule is NC(=S)N/N=C/c1ccc(OCc2cn(CC(=O)Nc3ccc([N+](=O)[O-])cc3)nn2)cc1. The van der Waals surface area contributed by atoms with Crippen LogP contribution in [0.15, 0.2) is 59.8 Å². The standard InChI is InChI=1S/C19H18N8O4S/c20-19(32)24-21-9-13-1-7-17(8-2-13)31-12-15-10-26(25-23-15)11-18(28)22-14-3-5-16(6-4-14)27(29)30/h1-10H,11-12H2,(H,22,28)(H3,20,24,32)/b21-9+. The molecule has 1 heterocycles. The third-order valence-electron chi connectivity index (χ3n) is 3.91. The number of carbonyl (C=O) groups excluding carboxylic acids is 1. The zero-order chi connectivity index (χ0) is 22.9. The van der Waals surface area contributed by atoms with Crippen molar-refractivity contribution in [3.05, 3.63) is 76.1 Å². The van der Waals surface area contributed by atoms with Crippen LogP contribution < -0.4 is 21.2 Å². The van der Waals surface area contributed by atoms with Crippen molar-refractivity contribution in [2.45, 2.75) is 13.2 Å². The zero-order valence-corrected chi connectivity index (χ0v) is 17.4. The minimum Gasteiger partial charge on any atom is -0.487 e. The number of hydrogen-bond donors (Lipinski definition) is 3. The molecule has 3 aromatic rings. The molecule has 0 bridgehead atoms. The van der Waals surface area contributed by atoms with Gasteiger partial charge in [0.2, 0.25) is 5.91 Å². The number of benzene rings is 2. The highest BCUT2D eigenvalue weighted by Crippen LogP contribution is 2.15. The van der Waals surface area contributed by atoms with E-state index in [4.69, 9.17) is 10.5 Å². The van der Waals surface area contributed by atoms with Crippen molar-refractivity contribution in [1.82, 2.24) is 20.4 Å². The van der Waals surface area contributed by atoms with E-state index >= 15 is 0 Å². The van der Waals surface area contributed by atoms with E-state index in [0.717, 1.165) is 5.56 Å². The zero-order valence-electron chi connectivity index (χ0n) is 16.5. The molecule has 164 valence electrons. The summed E-state index contributed by atoms with van der Waals surface area (Å²) >= 11 is 4.66. The fourth-order valence-corrected chi connectivity index (χ4v) is 2.53. The fraction of sp³-hybridized carbons (Fsp3) is 0.105. The maximum atomic E-state index is 12.1. The van der Waals surface area contributed by atoms with E-state index in [-0.39, 0.29) is 29.9 Å². The number of nitrogens with two attached hydrogens (primary N) is 1. The molecule has 0 fully saturated rings. The number of aromatic nitrogens is 3. The summed E-state index contributed by atoms with van der Waals surface area (Å²) in [6.07, 6.45) is 3.16. The van der Waals surface area contributed by atoms with E-state index in [9.17, 15) is 14.9 Å². The highest BCUT2D eigenvalue weighted by Gasteiger charge is 2.09. The molecule has 0 aliphatic heterocycles. The molecule has 0 aliphatic rings. The lowest BCUT2D eigenvalue weighted by molar-refractivity contribution is -0.384. The number of hydrogen-bond acceptors (Lipinski definition) is 8. The molecule has 4 N–H and O–H groups in total. The van der Waals surface area contributed by atoms with Crippen molar-refractivity contribution in [3.8, 4) is 5.75 Å². The van der Waals surface area contributed by atoms with E-state index in [0.29, 0.717) is 17.1 Å². The van der Waals surface area contributed by atoms with Gasteiger partial charge in [-0.05, 0) is 54.2 Å². The number of rotatable bonds is 9. The smallest absolute Gasteiger partial charge is 0.269 e. The molecular formula is C19H18N8O4S. The monoisotopic (exact) mass is 454 g/mol. The number of anilines is 1. The number of hydrazone groups is 1. The predicted octanol–water partition coefficient (Wildman–Crippen LogP) is 1.57. The number of nitro groups is 1. The van der Waals surface area contributed by atoms with Crippen LogP contribution in [0.2, 0.25) is 0 Å². The predicted molar refractivity (Wildman–Crippen MR) is 120 cm³/mol. The molecule has 0 saturated carbocycles. The Morgan fingerprint density at radius 1 is 1.25 bits per heavy atom. The van der Waals surface area contributed by atoms with Crippen LogP contribution >= 0.6 is 12.2 Å². The average molecular weight is 454 g/mol. The van der Waals surface area contributed by atoms with Gasteiger partial charge in [-0.1, -0.05) is 5.21 Å². The molecular weight excluding hydrogens is 436 g/mol. The van der Waals surface area contributed by atoms with Gasteiger partial charge in [0.05, 0.1) is 17.3 Å². The van der Waals surface area contributed by atoms with Crippen LogP contribution in [-0.4, -0.2) is 37.2 Å². The Bertz CT molecular complexity index is 1130. The van der Waals surface area contributed by atoms with Crippen LogP contribution in [0, 0.1) is 10.1 Å². The van der Waals surface area contributed by atoms with Crippen molar-refractivity contribution in [1.29, 1.82) is 0 Å². The maximum Gasteiger partial charge on any atom is 0.269 e. The number of nitrogens with one attached hydrogen (secondary N) is 2. The van der Waals surface area contributed by atoms with Crippen LogP contribution in [0.4, 0.5) is 11.4 Å². The summed E-state index contributed by atoms with van der Waals surface area (Å²) in [4.78, 5) is 22.3. The fourth-order valence-electron chi connectivity index (χ4n) is 2.47. The third-order valence-corrected chi connectivity index (χ3v) is 4.00. The molecule has 3 rings (SSSR count). The second kappa shape index (κ2) is 10.6. The highest BCUT2D eigenvalue weighted by atomic mass is 32.1. The van der Waals surface area contributed by atoms with Gasteiger partial charge in [0.1, 0.15) is 24.6 Å². The van der Waals surface area contributed by atoms with Gasteiger partial charge in [0.25, 0.3) is 5.69 Å². The Hall–Kier alpha value is -4.39. The van der Waals surface area contributed by atoms with Crippen LogP contribution in [0.5, 0.6) is 5.75 Å². The molecule has 0 unspecified atom stereocenters. The summed E-state index contributed by atoms with van der Waals surface area (Å²) in [6.45, 7) is 0.0959. The Kier molecular flexibility index (Phi) is 7.37. The van der Waals surface area contributed by atoms with Crippen LogP contribution in [0.25, 0.3) is 0 Å². The first-order valence-electron chi connectivity index (χ1n) is 9.14. The molecule has 0 aliphatic carbocycles. The lowest BCUT2D eigenvalue weighted by Gasteiger charge is -2.05. The molecule has 0 radical (unpaired) electrons. The van der Waals surface area contributed by atoms with Crippen LogP contribution in [-0.2, 0) is 17.9 Å². The second-order valence-corrected chi connectivity index (χ2v) is 6.79. The van der Waals surface area contributed by atoms with E-state index in [1.54, 1.807) is 36.7 Å². The average Bonchev–Trinajstić information content (AvgIpc) is 3.20. The minimum absolute atomic E-state index is 0.0556. The second-order valence-electron chi connectivity index (χ2n) is 6.35. The summed E-state index contributed by atoms with van der Waals surface area (Å²) in [5.41, 5.74) is 9.51. The highest BCUT2D eigenvalue weighted by molar-refractivity contribution is 7.80. The minimum atomic E-state index is -0.510. The summed E-state index contributed by atoms with van der Waals surface area (Å²) in [5.74, 6) is 0.272. The van der Waals surface area contributed by atoms with Gasteiger partial charge in [-0.3, -0.25) is 20.3 Å². The topological polar surface area (TPSA) is 163 Å². The molecule has 1 amide bonds. The van der Waals surface area contributed by atoms with Crippen molar-refractivity contribution in [2.24, 2.45) is 10.8 Å². The van der Waals surface area contributed by atoms with E-state index < -0.39 is 4.92 Å².